The van der Waals surface area contributed by atoms with E-state index in [0.717, 1.165) is 18.5 Å². The summed E-state index contributed by atoms with van der Waals surface area (Å²) in [5.74, 6) is -0.159. The minimum Gasteiger partial charge on any atom is -0.314 e. The van der Waals surface area contributed by atoms with Crippen LogP contribution >= 0.6 is 0 Å². The van der Waals surface area contributed by atoms with Gasteiger partial charge in [0.15, 0.2) is 0 Å². The van der Waals surface area contributed by atoms with E-state index in [1.165, 1.54) is 25.3 Å². The fourth-order valence-corrected chi connectivity index (χ4v) is 2.92. The molecule has 1 fully saturated rings. The summed E-state index contributed by atoms with van der Waals surface area (Å²) < 4.78 is 13.2. The van der Waals surface area contributed by atoms with Gasteiger partial charge in [-0.3, -0.25) is 0 Å². The molecule has 2 N–H and O–H groups in total. The van der Waals surface area contributed by atoms with Crippen LogP contribution in [0.5, 0.6) is 0 Å². The molecule has 2 rings (SSSR count). The van der Waals surface area contributed by atoms with Gasteiger partial charge in [-0.2, -0.15) is 0 Å². The molecule has 0 aromatic heterocycles. The van der Waals surface area contributed by atoms with Crippen LogP contribution < -0.4 is 10.6 Å². The van der Waals surface area contributed by atoms with E-state index < -0.39 is 0 Å². The molecular weight excluding hydrogens is 239 g/mol. The van der Waals surface area contributed by atoms with Crippen molar-refractivity contribution in [3.05, 3.63) is 35.6 Å². The molecule has 1 aromatic carbocycles. The summed E-state index contributed by atoms with van der Waals surface area (Å²) in [6.07, 6.45) is 5.06. The van der Waals surface area contributed by atoms with Crippen LogP contribution in [-0.2, 0) is 0 Å². The van der Waals surface area contributed by atoms with E-state index in [-0.39, 0.29) is 11.9 Å². The molecule has 0 radical (unpaired) electrons. The highest BCUT2D eigenvalue weighted by Gasteiger charge is 2.17. The van der Waals surface area contributed by atoms with Gasteiger partial charge < -0.3 is 10.6 Å². The van der Waals surface area contributed by atoms with Crippen LogP contribution in [0.1, 0.15) is 51.1 Å². The summed E-state index contributed by atoms with van der Waals surface area (Å²) in [6.45, 7) is 5.46. The lowest BCUT2D eigenvalue weighted by atomic mass is 9.98. The van der Waals surface area contributed by atoms with Crippen LogP contribution in [0, 0.1) is 5.82 Å². The summed E-state index contributed by atoms with van der Waals surface area (Å²) in [5.41, 5.74) is 1.02. The molecule has 2 nitrogen and oxygen atoms in total. The number of rotatable bonds is 5. The van der Waals surface area contributed by atoms with Gasteiger partial charge in [0.05, 0.1) is 0 Å². The maximum Gasteiger partial charge on any atom is 0.123 e. The number of nitrogens with one attached hydrogen (secondary N) is 2. The highest BCUT2D eigenvalue weighted by Crippen LogP contribution is 2.17. The zero-order chi connectivity index (χ0) is 13.7. The standard InChI is InChI=1S/C16H25FN2/c1-12(10-16-8-3-4-9-18-16)19-13(2)14-6-5-7-15(17)11-14/h5-7,11-13,16,18-19H,3-4,8-10H2,1-2H3. The predicted molar refractivity (Wildman–Crippen MR) is 77.7 cm³/mol. The predicted octanol–water partition coefficient (Wildman–Crippen LogP) is 3.40. The Morgan fingerprint density at radius 1 is 1.37 bits per heavy atom. The quantitative estimate of drug-likeness (QED) is 0.851. The van der Waals surface area contributed by atoms with Crippen LogP contribution in [0.3, 0.4) is 0 Å². The molecule has 3 unspecified atom stereocenters. The van der Waals surface area contributed by atoms with Crippen molar-refractivity contribution in [1.29, 1.82) is 0 Å². The molecule has 0 amide bonds. The fraction of sp³-hybridized carbons (Fsp3) is 0.625. The Morgan fingerprint density at radius 3 is 2.89 bits per heavy atom. The van der Waals surface area contributed by atoms with Gasteiger partial charge in [-0.15, -0.1) is 0 Å². The average molecular weight is 264 g/mol. The summed E-state index contributed by atoms with van der Waals surface area (Å²) in [5, 5.41) is 7.14. The minimum absolute atomic E-state index is 0.159. The Morgan fingerprint density at radius 2 is 2.21 bits per heavy atom. The van der Waals surface area contributed by atoms with Crippen molar-refractivity contribution in [2.24, 2.45) is 0 Å². The van der Waals surface area contributed by atoms with Crippen molar-refractivity contribution in [1.82, 2.24) is 10.6 Å². The molecule has 1 aliphatic heterocycles. The molecule has 3 atom stereocenters. The second kappa shape index (κ2) is 7.01. The molecule has 0 spiro atoms. The van der Waals surface area contributed by atoms with Gasteiger partial charge >= 0.3 is 0 Å². The third kappa shape index (κ3) is 4.59. The molecule has 0 saturated carbocycles. The van der Waals surface area contributed by atoms with Crippen LogP contribution in [0.4, 0.5) is 4.39 Å². The summed E-state index contributed by atoms with van der Waals surface area (Å²) in [4.78, 5) is 0. The van der Waals surface area contributed by atoms with E-state index >= 15 is 0 Å². The van der Waals surface area contributed by atoms with Crippen molar-refractivity contribution in [2.75, 3.05) is 6.54 Å². The Kier molecular flexibility index (Phi) is 5.34. The van der Waals surface area contributed by atoms with E-state index in [1.807, 2.05) is 6.07 Å². The maximum atomic E-state index is 13.2. The summed E-state index contributed by atoms with van der Waals surface area (Å²) >= 11 is 0. The lowest BCUT2D eigenvalue weighted by Gasteiger charge is -2.28. The van der Waals surface area contributed by atoms with E-state index in [2.05, 4.69) is 24.5 Å². The van der Waals surface area contributed by atoms with Crippen LogP contribution in [0.15, 0.2) is 24.3 Å². The lowest BCUT2D eigenvalue weighted by molar-refractivity contribution is 0.334. The van der Waals surface area contributed by atoms with Crippen molar-refractivity contribution in [3.63, 3.8) is 0 Å². The van der Waals surface area contributed by atoms with Gasteiger partial charge in [-0.25, -0.2) is 4.39 Å². The molecule has 1 heterocycles. The summed E-state index contributed by atoms with van der Waals surface area (Å²) in [7, 11) is 0. The second-order valence-corrected chi connectivity index (χ2v) is 5.73. The molecule has 1 saturated heterocycles. The minimum atomic E-state index is -0.159. The van der Waals surface area contributed by atoms with Crippen LogP contribution in [0.2, 0.25) is 0 Å². The Bertz CT molecular complexity index is 388. The van der Waals surface area contributed by atoms with Gasteiger partial charge in [-0.05, 0) is 57.4 Å². The largest absolute Gasteiger partial charge is 0.314 e. The second-order valence-electron chi connectivity index (χ2n) is 5.73. The lowest BCUT2D eigenvalue weighted by Crippen LogP contribution is -2.40. The van der Waals surface area contributed by atoms with Crippen molar-refractivity contribution in [3.8, 4) is 0 Å². The van der Waals surface area contributed by atoms with Crippen molar-refractivity contribution < 1.29 is 4.39 Å². The summed E-state index contributed by atoms with van der Waals surface area (Å²) in [6, 6.07) is 8.12. The number of halogens is 1. The fourth-order valence-electron chi connectivity index (χ4n) is 2.92. The van der Waals surface area contributed by atoms with Crippen molar-refractivity contribution >= 4 is 0 Å². The third-order valence-corrected chi connectivity index (χ3v) is 3.93. The molecular formula is C16H25FN2. The Hall–Kier alpha value is -0.930. The normalized spacial score (nSPS) is 23.0. The number of hydrogen-bond acceptors (Lipinski definition) is 2. The van der Waals surface area contributed by atoms with E-state index in [9.17, 15) is 4.39 Å². The molecule has 0 aliphatic carbocycles. The Balaban J connectivity index is 1.82. The first-order chi connectivity index (χ1) is 9.15. The van der Waals surface area contributed by atoms with Gasteiger partial charge in [0.1, 0.15) is 5.82 Å². The zero-order valence-corrected chi connectivity index (χ0v) is 12.0. The van der Waals surface area contributed by atoms with Gasteiger partial charge in [-0.1, -0.05) is 18.6 Å². The number of piperidine rings is 1. The van der Waals surface area contributed by atoms with Gasteiger partial charge in [0, 0.05) is 18.1 Å². The van der Waals surface area contributed by atoms with E-state index in [4.69, 9.17) is 0 Å². The van der Waals surface area contributed by atoms with Crippen LogP contribution in [-0.4, -0.2) is 18.6 Å². The third-order valence-electron chi connectivity index (χ3n) is 3.93. The first-order valence-corrected chi connectivity index (χ1v) is 7.40. The maximum absolute atomic E-state index is 13.2. The monoisotopic (exact) mass is 264 g/mol. The molecule has 3 heteroatoms. The first-order valence-electron chi connectivity index (χ1n) is 7.40. The Labute approximate surface area is 115 Å². The number of benzene rings is 1. The number of hydrogen-bond donors (Lipinski definition) is 2. The highest BCUT2D eigenvalue weighted by atomic mass is 19.1. The topological polar surface area (TPSA) is 24.1 Å². The zero-order valence-electron chi connectivity index (χ0n) is 12.0. The molecule has 106 valence electrons. The highest BCUT2D eigenvalue weighted by molar-refractivity contribution is 5.19. The first kappa shape index (κ1) is 14.5. The van der Waals surface area contributed by atoms with Gasteiger partial charge in [0.25, 0.3) is 0 Å². The molecule has 1 aromatic rings. The SMILES string of the molecule is CC(CC1CCCCN1)NC(C)c1cccc(F)c1. The molecule has 1 aliphatic rings. The van der Waals surface area contributed by atoms with E-state index in [0.29, 0.717) is 12.1 Å². The van der Waals surface area contributed by atoms with E-state index in [1.54, 1.807) is 12.1 Å². The smallest absolute Gasteiger partial charge is 0.123 e. The average Bonchev–Trinajstić information content (AvgIpc) is 2.39. The van der Waals surface area contributed by atoms with Crippen molar-refractivity contribution in [2.45, 2.75) is 57.7 Å². The van der Waals surface area contributed by atoms with Crippen LogP contribution in [0.25, 0.3) is 0 Å². The molecule has 0 bridgehead atoms. The molecule has 19 heavy (non-hydrogen) atoms. The van der Waals surface area contributed by atoms with Gasteiger partial charge in [0.2, 0.25) is 0 Å².